The second kappa shape index (κ2) is 15.0. The molecule has 0 unspecified atom stereocenters. The monoisotopic (exact) mass is 251 g/mol. The van der Waals surface area contributed by atoms with Gasteiger partial charge in [0.25, 0.3) is 0 Å². The predicted octanol–water partition coefficient (Wildman–Crippen LogP) is 5.39. The van der Waals surface area contributed by atoms with Gasteiger partial charge in [-0.3, -0.25) is 0 Å². The predicted molar refractivity (Wildman–Crippen MR) is 84.7 cm³/mol. The van der Waals surface area contributed by atoms with E-state index in [1.54, 1.807) is 0 Å². The molecule has 0 saturated heterocycles. The fourth-order valence-corrected chi connectivity index (χ4v) is 1.87. The van der Waals surface area contributed by atoms with Crippen molar-refractivity contribution in [3.05, 3.63) is 53.5 Å². The Labute approximate surface area is 112 Å². The Hall–Kier alpha value is -0.950. The van der Waals surface area contributed by atoms with Gasteiger partial charge in [0.1, 0.15) is 4.91 Å². The SMILES string of the molecule is C/C=C\C=C(/C)[SH+]c1ccccc1.CC.CC. The van der Waals surface area contributed by atoms with Gasteiger partial charge in [0.05, 0.1) is 0 Å². The molecule has 1 heteroatoms. The lowest BCUT2D eigenvalue weighted by molar-refractivity contribution is 1.46. The van der Waals surface area contributed by atoms with Gasteiger partial charge in [-0.1, -0.05) is 58.0 Å². The van der Waals surface area contributed by atoms with E-state index in [9.17, 15) is 0 Å². The molecule has 0 radical (unpaired) electrons. The van der Waals surface area contributed by atoms with E-state index in [-0.39, 0.29) is 0 Å². The van der Waals surface area contributed by atoms with Gasteiger partial charge in [-0.2, -0.15) is 0 Å². The first kappa shape index (κ1) is 18.4. The van der Waals surface area contributed by atoms with E-state index < -0.39 is 0 Å². The lowest BCUT2D eigenvalue weighted by Crippen LogP contribution is -1.82. The molecule has 0 heterocycles. The van der Waals surface area contributed by atoms with Crippen LogP contribution in [0.4, 0.5) is 0 Å². The van der Waals surface area contributed by atoms with Crippen molar-refractivity contribution < 1.29 is 0 Å². The minimum absolute atomic E-state index is 1.30. The van der Waals surface area contributed by atoms with E-state index in [1.807, 2.05) is 46.8 Å². The molecule has 96 valence electrons. The van der Waals surface area contributed by atoms with Gasteiger partial charge in [0.2, 0.25) is 0 Å². The van der Waals surface area contributed by atoms with Crippen LogP contribution in [0.5, 0.6) is 0 Å². The number of allylic oxidation sites excluding steroid dienone is 4. The van der Waals surface area contributed by atoms with Crippen LogP contribution >= 0.6 is 0 Å². The summed E-state index contributed by atoms with van der Waals surface area (Å²) in [7, 11) is 0. The van der Waals surface area contributed by atoms with E-state index in [1.165, 1.54) is 21.6 Å². The summed E-state index contributed by atoms with van der Waals surface area (Å²) in [4.78, 5) is 2.71. The fraction of sp³-hybridized carbons (Fsp3) is 0.375. The Morgan fingerprint density at radius 1 is 1.00 bits per heavy atom. The third-order valence-corrected chi connectivity index (χ3v) is 2.65. The van der Waals surface area contributed by atoms with Crippen LogP contribution < -0.4 is 0 Å². The summed E-state index contributed by atoms with van der Waals surface area (Å²) >= 11 is 1.30. The highest BCUT2D eigenvalue weighted by Crippen LogP contribution is 2.08. The zero-order chi connectivity index (χ0) is 13.5. The zero-order valence-corrected chi connectivity index (χ0v) is 13.0. The summed E-state index contributed by atoms with van der Waals surface area (Å²) in [6.45, 7) is 12.2. The molecule has 0 aliphatic heterocycles. The van der Waals surface area contributed by atoms with Crippen LogP contribution in [0.3, 0.4) is 0 Å². The van der Waals surface area contributed by atoms with Crippen molar-refractivity contribution in [3.8, 4) is 0 Å². The van der Waals surface area contributed by atoms with Crippen LogP contribution in [-0.4, -0.2) is 0 Å². The van der Waals surface area contributed by atoms with Crippen LogP contribution in [-0.2, 0) is 11.8 Å². The van der Waals surface area contributed by atoms with Gasteiger partial charge in [-0.25, -0.2) is 0 Å². The van der Waals surface area contributed by atoms with Crippen LogP contribution in [0.2, 0.25) is 0 Å². The molecule has 0 bridgehead atoms. The van der Waals surface area contributed by atoms with Crippen molar-refractivity contribution in [1.82, 2.24) is 0 Å². The maximum Gasteiger partial charge on any atom is 0.157 e. The highest BCUT2D eigenvalue weighted by Gasteiger charge is 2.02. The Morgan fingerprint density at radius 3 is 2.00 bits per heavy atom. The molecule has 0 nitrogen and oxygen atoms in total. The third kappa shape index (κ3) is 11.3. The number of rotatable bonds is 3. The highest BCUT2D eigenvalue weighted by atomic mass is 32.2. The Balaban J connectivity index is 0. The van der Waals surface area contributed by atoms with Gasteiger partial charge >= 0.3 is 0 Å². The molecule has 0 atom stereocenters. The van der Waals surface area contributed by atoms with Crippen molar-refractivity contribution in [2.45, 2.75) is 46.4 Å². The molecule has 0 saturated carbocycles. The second-order valence-corrected chi connectivity index (χ2v) is 4.23. The van der Waals surface area contributed by atoms with Crippen LogP contribution in [0, 0.1) is 0 Å². The molecule has 1 rings (SSSR count). The molecule has 1 aromatic rings. The van der Waals surface area contributed by atoms with E-state index in [2.05, 4.69) is 43.3 Å². The average Bonchev–Trinajstić information content (AvgIpc) is 2.42. The molecule has 0 aliphatic rings. The van der Waals surface area contributed by atoms with Crippen molar-refractivity contribution in [3.63, 3.8) is 0 Å². The largest absolute Gasteiger partial charge is 0.157 e. The summed E-state index contributed by atoms with van der Waals surface area (Å²) in [5.41, 5.74) is 0. The Kier molecular flexibility index (Phi) is 16.3. The standard InChI is InChI=1S/C12H14S.2C2H6/c1-3-4-8-11(2)13-12-9-6-5-7-10-12;2*1-2/h3-10H,1-2H3;2*1-2H3/p+1/b4-3-,11-8+;;. The first-order valence-electron chi connectivity index (χ1n) is 6.39. The second-order valence-electron chi connectivity index (χ2n) is 2.78. The normalized spacial score (nSPS) is 10.1. The quantitative estimate of drug-likeness (QED) is 0.384. The molecule has 0 aromatic heterocycles. The molecule has 0 amide bonds. The molecule has 0 N–H and O–H groups in total. The van der Waals surface area contributed by atoms with Crippen molar-refractivity contribution >= 4 is 11.8 Å². The summed E-state index contributed by atoms with van der Waals surface area (Å²) in [5.74, 6) is 0. The van der Waals surface area contributed by atoms with Crippen LogP contribution in [0.15, 0.2) is 58.4 Å². The zero-order valence-electron chi connectivity index (χ0n) is 12.1. The molecule has 17 heavy (non-hydrogen) atoms. The van der Waals surface area contributed by atoms with Crippen LogP contribution in [0.25, 0.3) is 0 Å². The first-order valence-corrected chi connectivity index (χ1v) is 7.29. The van der Waals surface area contributed by atoms with Gasteiger partial charge in [-0.05, 0) is 25.1 Å². The van der Waals surface area contributed by atoms with Crippen LogP contribution in [0.1, 0.15) is 41.5 Å². The first-order chi connectivity index (χ1) is 8.33. The number of hydrogen-bond donors (Lipinski definition) is 0. The molecular weight excluding hydrogens is 224 g/mol. The Morgan fingerprint density at radius 2 is 1.53 bits per heavy atom. The average molecular weight is 251 g/mol. The van der Waals surface area contributed by atoms with Gasteiger partial charge in [0.15, 0.2) is 4.90 Å². The molecule has 0 fully saturated rings. The van der Waals surface area contributed by atoms with E-state index in [0.29, 0.717) is 0 Å². The smallest absolute Gasteiger partial charge is 0.0875 e. The summed E-state index contributed by atoms with van der Waals surface area (Å²) in [6.07, 6.45) is 6.27. The topological polar surface area (TPSA) is 0 Å². The third-order valence-electron chi connectivity index (χ3n) is 1.59. The number of thiol groups is 1. The molecular formula is C16H27S+. The maximum atomic E-state index is 2.15. The van der Waals surface area contributed by atoms with Gasteiger partial charge in [0, 0.05) is 18.7 Å². The Bertz CT molecular complexity index is 297. The number of benzene rings is 1. The molecule has 0 aliphatic carbocycles. The van der Waals surface area contributed by atoms with E-state index >= 15 is 0 Å². The summed E-state index contributed by atoms with van der Waals surface area (Å²) < 4.78 is 0. The molecule has 0 spiro atoms. The lowest BCUT2D eigenvalue weighted by atomic mass is 10.4. The van der Waals surface area contributed by atoms with E-state index in [0.717, 1.165) is 0 Å². The van der Waals surface area contributed by atoms with Gasteiger partial charge in [-0.15, -0.1) is 0 Å². The minimum Gasteiger partial charge on any atom is -0.0875 e. The van der Waals surface area contributed by atoms with E-state index in [4.69, 9.17) is 0 Å². The van der Waals surface area contributed by atoms with Gasteiger partial charge < -0.3 is 0 Å². The summed E-state index contributed by atoms with van der Waals surface area (Å²) in [5, 5.41) is 0. The maximum absolute atomic E-state index is 2.15. The summed E-state index contributed by atoms with van der Waals surface area (Å²) in [6, 6.07) is 10.5. The minimum atomic E-state index is 1.30. The number of hydrogen-bond acceptors (Lipinski definition) is 0. The fourth-order valence-electron chi connectivity index (χ4n) is 0.979. The highest BCUT2D eigenvalue weighted by molar-refractivity contribution is 7.82. The molecule has 1 aromatic carbocycles. The van der Waals surface area contributed by atoms with Crippen molar-refractivity contribution in [2.75, 3.05) is 0 Å². The van der Waals surface area contributed by atoms with Crippen molar-refractivity contribution in [2.24, 2.45) is 0 Å². The lowest BCUT2D eigenvalue weighted by Gasteiger charge is -1.89. The van der Waals surface area contributed by atoms with Crippen molar-refractivity contribution in [1.29, 1.82) is 0 Å².